The van der Waals surface area contributed by atoms with Crippen molar-refractivity contribution in [3.8, 4) is 0 Å². The molecule has 0 aromatic carbocycles. The van der Waals surface area contributed by atoms with Crippen LogP contribution in [0.1, 0.15) is 6.42 Å². The first-order valence-electron chi connectivity index (χ1n) is 6.71. The van der Waals surface area contributed by atoms with Crippen LogP contribution < -0.4 is 4.00 Å². The van der Waals surface area contributed by atoms with Crippen molar-refractivity contribution in [2.24, 2.45) is 0 Å². The molecular weight excluding hydrogens is 313 g/mol. The van der Waals surface area contributed by atoms with Gasteiger partial charge >= 0.3 is 98.7 Å². The summed E-state index contributed by atoms with van der Waals surface area (Å²) in [6.45, 7) is 0. The fourth-order valence-corrected chi connectivity index (χ4v) is 11.2. The molecule has 0 spiro atoms. The van der Waals surface area contributed by atoms with E-state index in [1.54, 1.807) is 3.88 Å². The number of aromatic amines is 1. The first-order chi connectivity index (χ1) is 7.16. The molecule has 0 bridgehead atoms. The van der Waals surface area contributed by atoms with Crippen LogP contribution in [0.15, 0.2) is 40.4 Å². The second kappa shape index (κ2) is 2.97. The molecule has 4 heteroatoms. The monoisotopic (exact) mass is 341 g/mol. The van der Waals surface area contributed by atoms with Crippen molar-refractivity contribution in [1.29, 1.82) is 0 Å². The van der Waals surface area contributed by atoms with Crippen LogP contribution >= 0.6 is 24.8 Å². The number of halogens is 2. The summed E-state index contributed by atoms with van der Waals surface area (Å²) in [6.07, 6.45) is 9.93. The van der Waals surface area contributed by atoms with Crippen molar-refractivity contribution in [3.05, 3.63) is 40.4 Å². The van der Waals surface area contributed by atoms with Crippen LogP contribution in [0, 0.1) is 0 Å². The zero-order valence-electron chi connectivity index (χ0n) is 13.0. The predicted octanol–water partition coefficient (Wildman–Crippen LogP) is 5.91. The summed E-state index contributed by atoms with van der Waals surface area (Å²) in [4.78, 5) is 3.52. The Hall–Kier alpha value is 0.0543. The Balaban J connectivity index is 0.00000162. The summed E-state index contributed by atoms with van der Waals surface area (Å²) in [7, 11) is 0. The third kappa shape index (κ3) is 2.63. The average molecular weight is 342 g/mol. The van der Waals surface area contributed by atoms with Gasteiger partial charge in [0.05, 0.1) is 0 Å². The second-order valence-corrected chi connectivity index (χ2v) is 48.1. The van der Waals surface area contributed by atoms with E-state index in [0.29, 0.717) is 0 Å². The topological polar surface area (TPSA) is 15.8 Å². The molecule has 0 saturated carbocycles. The molecule has 1 heterocycles. The van der Waals surface area contributed by atoms with Crippen LogP contribution in [-0.2, 0) is 11.5 Å². The third-order valence-electron chi connectivity index (χ3n) is 5.21. The average Bonchev–Trinajstić information content (AvgIpc) is 2.76. The van der Waals surface area contributed by atoms with Crippen LogP contribution in [0.2, 0.25) is 31.4 Å². The summed E-state index contributed by atoms with van der Waals surface area (Å²) in [6, 6.07) is 4.38. The number of nitrogens with one attached hydrogen (secondary N) is 1. The number of hydrogen-bond donors (Lipinski definition) is 1. The van der Waals surface area contributed by atoms with Crippen LogP contribution in [0.4, 0.5) is 0 Å². The maximum atomic E-state index is 3.52. The molecule has 0 atom stereocenters. The van der Waals surface area contributed by atoms with E-state index in [1.165, 1.54) is 4.00 Å². The Bertz CT molecular complexity index is 576. The Morgan fingerprint density at radius 3 is 1.95 bits per heavy atom. The van der Waals surface area contributed by atoms with Crippen molar-refractivity contribution < 1.29 is 11.5 Å². The Labute approximate surface area is 123 Å². The molecule has 19 heavy (non-hydrogen) atoms. The van der Waals surface area contributed by atoms with Gasteiger partial charge in [-0.05, 0) is 0 Å². The molecule has 0 fully saturated rings. The summed E-state index contributed by atoms with van der Waals surface area (Å²) in [5.41, 5.74) is 0. The fraction of sp³-hybridized carbons (Fsp3) is 0.467. The van der Waals surface area contributed by atoms with Gasteiger partial charge in [0, 0.05) is 0 Å². The van der Waals surface area contributed by atoms with Crippen molar-refractivity contribution in [2.45, 2.75) is 37.8 Å². The van der Waals surface area contributed by atoms with Gasteiger partial charge in [-0.3, -0.25) is 0 Å². The van der Waals surface area contributed by atoms with E-state index < -0.39 is 11.5 Å². The van der Waals surface area contributed by atoms with E-state index >= 15 is 0 Å². The van der Waals surface area contributed by atoms with Crippen LogP contribution in [0.25, 0.3) is 0 Å². The zero-order valence-corrected chi connectivity index (χ0v) is 16.2. The Kier molecular flexibility index (Phi) is 2.98. The third-order valence-corrected chi connectivity index (χ3v) is 18.3. The normalized spacial score (nSPS) is 22.7. The van der Waals surface area contributed by atoms with Gasteiger partial charge in [0.1, 0.15) is 0 Å². The van der Waals surface area contributed by atoms with Gasteiger partial charge in [0.25, 0.3) is 0 Å². The number of aromatic nitrogens is 1. The molecule has 0 saturated heterocycles. The predicted molar refractivity (Wildman–Crippen MR) is 91.9 cm³/mol. The number of allylic oxidation sites excluding steroid dienone is 4. The van der Waals surface area contributed by atoms with Crippen molar-refractivity contribution in [1.82, 2.24) is 4.98 Å². The van der Waals surface area contributed by atoms with Crippen LogP contribution in [0.3, 0.4) is 0 Å². The van der Waals surface area contributed by atoms with E-state index in [1.807, 2.05) is 6.20 Å². The van der Waals surface area contributed by atoms with Gasteiger partial charge in [0.2, 0.25) is 0 Å². The molecule has 0 aliphatic heterocycles. The summed E-state index contributed by atoms with van der Waals surface area (Å²) in [5.74, 6) is 0. The van der Waals surface area contributed by atoms with E-state index in [2.05, 4.69) is 66.7 Å². The van der Waals surface area contributed by atoms with Crippen LogP contribution in [-0.4, -0.2) is 4.98 Å². The van der Waals surface area contributed by atoms with Gasteiger partial charge in [-0.1, -0.05) is 0 Å². The molecule has 1 N–H and O–H groups in total. The molecule has 1 aromatic rings. The summed E-state index contributed by atoms with van der Waals surface area (Å²) < 4.78 is 2.98. The number of rotatable bonds is 2. The van der Waals surface area contributed by atoms with Crippen molar-refractivity contribution in [2.75, 3.05) is 0 Å². The van der Waals surface area contributed by atoms with E-state index in [4.69, 9.17) is 0 Å². The second-order valence-electron chi connectivity index (χ2n) is 13.0. The quantitative estimate of drug-likeness (QED) is 0.643. The first-order valence-corrected chi connectivity index (χ1v) is 17.6. The van der Waals surface area contributed by atoms with Gasteiger partial charge in [-0.15, -0.1) is 24.8 Å². The zero-order chi connectivity index (χ0) is 13.2. The van der Waals surface area contributed by atoms with Gasteiger partial charge in [-0.25, -0.2) is 0 Å². The minimum atomic E-state index is -4.30. The standard InChI is InChI=1S/C5H5.C4H4N.6CH3.2ClH.Ti/c2*1-2-4-5-3-1;;;;;;;;;/h1-3H,4H2;1-3,5H;6*1H3;2*1H;. The maximum absolute atomic E-state index is 4.30. The molecule has 2 rings (SSSR count). The summed E-state index contributed by atoms with van der Waals surface area (Å²) >= 11 is -4.30. The van der Waals surface area contributed by atoms with Gasteiger partial charge in [0.15, 0.2) is 0 Å². The molecular formula is C15H29Cl2NTi. The van der Waals surface area contributed by atoms with Crippen molar-refractivity contribution in [3.63, 3.8) is 0 Å². The molecule has 1 aromatic heterocycles. The molecule has 0 unspecified atom stereocenters. The van der Waals surface area contributed by atoms with Crippen LogP contribution in [0.5, 0.6) is 0 Å². The minimum absolute atomic E-state index is 0. The van der Waals surface area contributed by atoms with E-state index in [9.17, 15) is 0 Å². The van der Waals surface area contributed by atoms with Gasteiger partial charge < -0.3 is 0 Å². The SMILES string of the molecule is Cl.Cl.[CH3][Ti]([CH3])([CH3])([CH3])([CH3])([CH3])([C]1=CC=CC1)[c]1ccc[nH]1. The molecule has 112 valence electrons. The molecule has 0 amide bonds. The summed E-state index contributed by atoms with van der Waals surface area (Å²) in [5, 5.41) is 15.1. The molecule has 0 radical (unpaired) electrons. The number of H-pyrrole nitrogens is 1. The van der Waals surface area contributed by atoms with Gasteiger partial charge in [-0.2, -0.15) is 0 Å². The van der Waals surface area contributed by atoms with E-state index in [-0.39, 0.29) is 24.8 Å². The van der Waals surface area contributed by atoms with Crippen molar-refractivity contribution >= 4 is 28.8 Å². The molecule has 1 aliphatic carbocycles. The fourth-order valence-electron chi connectivity index (χ4n) is 3.17. The molecule has 1 aliphatic rings. The van der Waals surface area contributed by atoms with E-state index in [0.717, 1.165) is 6.42 Å². The Morgan fingerprint density at radius 1 is 1.00 bits per heavy atom. The first kappa shape index (κ1) is 19.1. The number of hydrogen-bond acceptors (Lipinski definition) is 0. The molecule has 1 nitrogen and oxygen atoms in total. The Morgan fingerprint density at radius 2 is 1.58 bits per heavy atom.